The first-order valence-corrected chi connectivity index (χ1v) is 6.99. The van der Waals surface area contributed by atoms with E-state index in [9.17, 15) is 8.78 Å². The normalized spacial score (nSPS) is 10.5. The zero-order chi connectivity index (χ0) is 15.2. The lowest BCUT2D eigenvalue weighted by molar-refractivity contribution is -0.0498. The van der Waals surface area contributed by atoms with E-state index in [-0.39, 0.29) is 5.75 Å². The highest BCUT2D eigenvalue weighted by atomic mass is 79.9. The smallest absolute Gasteiger partial charge is 0.387 e. The highest BCUT2D eigenvalue weighted by Crippen LogP contribution is 2.27. The van der Waals surface area contributed by atoms with Gasteiger partial charge in [0.15, 0.2) is 0 Å². The van der Waals surface area contributed by atoms with Gasteiger partial charge in [0.1, 0.15) is 11.5 Å². The van der Waals surface area contributed by atoms with Crippen molar-refractivity contribution in [3.63, 3.8) is 0 Å². The number of rotatable bonds is 6. The Kier molecular flexibility index (Phi) is 5.38. The molecule has 112 valence electrons. The number of hydrogen-bond acceptors (Lipinski definition) is 3. The Morgan fingerprint density at radius 2 is 1.76 bits per heavy atom. The van der Waals surface area contributed by atoms with E-state index in [1.807, 2.05) is 18.2 Å². The van der Waals surface area contributed by atoms with Crippen LogP contribution in [-0.4, -0.2) is 13.7 Å². The molecule has 2 aromatic carbocycles. The number of halogens is 3. The van der Waals surface area contributed by atoms with Gasteiger partial charge in [-0.3, -0.25) is 0 Å². The van der Waals surface area contributed by atoms with Gasteiger partial charge >= 0.3 is 6.61 Å². The van der Waals surface area contributed by atoms with Crippen LogP contribution in [0.15, 0.2) is 46.9 Å². The fourth-order valence-electron chi connectivity index (χ4n) is 1.75. The lowest BCUT2D eigenvalue weighted by Gasteiger charge is -2.11. The molecule has 0 spiro atoms. The minimum atomic E-state index is -2.80. The molecule has 0 aliphatic heterocycles. The van der Waals surface area contributed by atoms with Crippen LogP contribution < -0.4 is 14.8 Å². The van der Waals surface area contributed by atoms with E-state index in [2.05, 4.69) is 26.0 Å². The molecule has 21 heavy (non-hydrogen) atoms. The highest BCUT2D eigenvalue weighted by Gasteiger charge is 2.05. The summed E-state index contributed by atoms with van der Waals surface area (Å²) in [6.07, 6.45) is 0. The van der Waals surface area contributed by atoms with Crippen LogP contribution in [0.1, 0.15) is 5.56 Å². The zero-order valence-electron chi connectivity index (χ0n) is 11.3. The van der Waals surface area contributed by atoms with Gasteiger partial charge in [-0.25, -0.2) is 0 Å². The van der Waals surface area contributed by atoms with Gasteiger partial charge in [-0.05, 0) is 45.8 Å². The van der Waals surface area contributed by atoms with Crippen LogP contribution in [-0.2, 0) is 6.54 Å². The first-order chi connectivity index (χ1) is 10.1. The molecule has 6 heteroatoms. The van der Waals surface area contributed by atoms with Crippen molar-refractivity contribution in [2.45, 2.75) is 13.2 Å². The third kappa shape index (κ3) is 4.60. The quantitative estimate of drug-likeness (QED) is 0.814. The van der Waals surface area contributed by atoms with E-state index >= 15 is 0 Å². The second-order valence-electron chi connectivity index (χ2n) is 4.22. The molecule has 0 saturated carbocycles. The maximum absolute atomic E-state index is 12.1. The molecule has 0 amide bonds. The van der Waals surface area contributed by atoms with Crippen LogP contribution in [0.3, 0.4) is 0 Å². The molecule has 2 rings (SSSR count). The number of benzene rings is 2. The van der Waals surface area contributed by atoms with E-state index in [4.69, 9.17) is 4.74 Å². The van der Waals surface area contributed by atoms with Gasteiger partial charge in [-0.2, -0.15) is 8.78 Å². The van der Waals surface area contributed by atoms with E-state index in [1.165, 1.54) is 12.1 Å². The molecular formula is C15H14BrF2NO2. The molecule has 0 bridgehead atoms. The summed E-state index contributed by atoms with van der Waals surface area (Å²) in [5.41, 5.74) is 1.84. The van der Waals surface area contributed by atoms with Crippen LogP contribution in [0.25, 0.3) is 0 Å². The largest absolute Gasteiger partial charge is 0.497 e. The summed E-state index contributed by atoms with van der Waals surface area (Å²) in [4.78, 5) is 0. The standard InChI is InChI=1S/C15H14BrF2NO2/c1-20-12-6-7-13(16)14(8-12)19-9-10-2-4-11(5-3-10)21-15(17)18/h2-8,15,19H,9H2,1H3. The Morgan fingerprint density at radius 1 is 1.10 bits per heavy atom. The highest BCUT2D eigenvalue weighted by molar-refractivity contribution is 9.10. The van der Waals surface area contributed by atoms with Crippen LogP contribution in [0, 0.1) is 0 Å². The molecule has 3 nitrogen and oxygen atoms in total. The van der Waals surface area contributed by atoms with Crippen LogP contribution in [0.4, 0.5) is 14.5 Å². The van der Waals surface area contributed by atoms with Gasteiger partial charge in [0.05, 0.1) is 12.8 Å². The molecule has 0 aliphatic rings. The number of anilines is 1. The van der Waals surface area contributed by atoms with E-state index in [0.29, 0.717) is 6.54 Å². The maximum Gasteiger partial charge on any atom is 0.387 e. The number of alkyl halides is 2. The van der Waals surface area contributed by atoms with Crippen molar-refractivity contribution in [3.05, 3.63) is 52.5 Å². The van der Waals surface area contributed by atoms with E-state index < -0.39 is 6.61 Å². The Bertz CT molecular complexity index is 591. The molecular weight excluding hydrogens is 344 g/mol. The maximum atomic E-state index is 12.1. The van der Waals surface area contributed by atoms with Crippen LogP contribution in [0.5, 0.6) is 11.5 Å². The van der Waals surface area contributed by atoms with E-state index in [1.54, 1.807) is 19.2 Å². The molecule has 0 fully saturated rings. The van der Waals surface area contributed by atoms with Crippen molar-refractivity contribution in [2.75, 3.05) is 12.4 Å². The lowest BCUT2D eigenvalue weighted by Crippen LogP contribution is -2.03. The Morgan fingerprint density at radius 3 is 2.38 bits per heavy atom. The monoisotopic (exact) mass is 357 g/mol. The van der Waals surface area contributed by atoms with Crippen molar-refractivity contribution in [1.29, 1.82) is 0 Å². The number of hydrogen-bond donors (Lipinski definition) is 1. The lowest BCUT2D eigenvalue weighted by atomic mass is 10.2. The molecule has 0 unspecified atom stereocenters. The minimum absolute atomic E-state index is 0.149. The van der Waals surface area contributed by atoms with Crippen molar-refractivity contribution >= 4 is 21.6 Å². The Balaban J connectivity index is 1.99. The molecule has 0 atom stereocenters. The predicted octanol–water partition coefficient (Wildman–Crippen LogP) is 4.67. The van der Waals surface area contributed by atoms with Gasteiger partial charge in [0, 0.05) is 17.1 Å². The van der Waals surface area contributed by atoms with Crippen LogP contribution >= 0.6 is 15.9 Å². The van der Waals surface area contributed by atoms with Gasteiger partial charge in [0.25, 0.3) is 0 Å². The molecule has 1 N–H and O–H groups in total. The van der Waals surface area contributed by atoms with Crippen molar-refractivity contribution in [1.82, 2.24) is 0 Å². The van der Waals surface area contributed by atoms with Crippen LogP contribution in [0.2, 0.25) is 0 Å². The van der Waals surface area contributed by atoms with Gasteiger partial charge in [-0.1, -0.05) is 12.1 Å². The van der Waals surface area contributed by atoms with Crippen molar-refractivity contribution in [3.8, 4) is 11.5 Å². The third-order valence-corrected chi connectivity index (χ3v) is 3.50. The van der Waals surface area contributed by atoms with Gasteiger partial charge in [-0.15, -0.1) is 0 Å². The first-order valence-electron chi connectivity index (χ1n) is 6.19. The second-order valence-corrected chi connectivity index (χ2v) is 5.08. The molecule has 0 heterocycles. The number of ether oxygens (including phenoxy) is 2. The third-order valence-electron chi connectivity index (χ3n) is 2.81. The summed E-state index contributed by atoms with van der Waals surface area (Å²) in [6, 6.07) is 12.1. The number of nitrogens with one attached hydrogen (secondary N) is 1. The fraction of sp³-hybridized carbons (Fsp3) is 0.200. The average Bonchev–Trinajstić information content (AvgIpc) is 2.47. The Hall–Kier alpha value is -1.82. The summed E-state index contributed by atoms with van der Waals surface area (Å²) in [5.74, 6) is 0.901. The van der Waals surface area contributed by atoms with Crippen molar-refractivity contribution in [2.24, 2.45) is 0 Å². The molecule has 0 saturated heterocycles. The summed E-state index contributed by atoms with van der Waals surface area (Å²) in [7, 11) is 1.61. The average molecular weight is 358 g/mol. The molecule has 0 aliphatic carbocycles. The zero-order valence-corrected chi connectivity index (χ0v) is 12.9. The summed E-state index contributed by atoms with van der Waals surface area (Å²) in [5, 5.41) is 3.25. The first kappa shape index (κ1) is 15.6. The summed E-state index contributed by atoms with van der Waals surface area (Å²) in [6.45, 7) is -2.25. The molecule has 0 radical (unpaired) electrons. The number of methoxy groups -OCH3 is 1. The summed E-state index contributed by atoms with van der Waals surface area (Å²) >= 11 is 3.45. The topological polar surface area (TPSA) is 30.5 Å². The summed E-state index contributed by atoms with van der Waals surface area (Å²) < 4.78 is 34.5. The molecule has 2 aromatic rings. The van der Waals surface area contributed by atoms with Gasteiger partial charge < -0.3 is 14.8 Å². The van der Waals surface area contributed by atoms with E-state index in [0.717, 1.165) is 21.5 Å². The molecule has 0 aromatic heterocycles. The van der Waals surface area contributed by atoms with Crippen molar-refractivity contribution < 1.29 is 18.3 Å². The second kappa shape index (κ2) is 7.26. The SMILES string of the molecule is COc1ccc(Br)c(NCc2ccc(OC(F)F)cc2)c1. The van der Waals surface area contributed by atoms with Gasteiger partial charge in [0.2, 0.25) is 0 Å². The minimum Gasteiger partial charge on any atom is -0.497 e. The predicted molar refractivity (Wildman–Crippen MR) is 81.1 cm³/mol. The fourth-order valence-corrected chi connectivity index (χ4v) is 2.14. The Labute approximate surface area is 130 Å².